The fourth-order valence-electron chi connectivity index (χ4n) is 2.13. The van der Waals surface area contributed by atoms with E-state index in [0.717, 1.165) is 43.4 Å². The van der Waals surface area contributed by atoms with E-state index >= 15 is 0 Å². The Morgan fingerprint density at radius 2 is 2.35 bits per heavy atom. The van der Waals surface area contributed by atoms with Gasteiger partial charge in [0.05, 0.1) is 11.4 Å². The quantitative estimate of drug-likeness (QED) is 0.870. The largest absolute Gasteiger partial charge is 0.381 e. The van der Waals surface area contributed by atoms with Gasteiger partial charge in [-0.2, -0.15) is 0 Å². The Morgan fingerprint density at radius 3 is 3.12 bits per heavy atom. The highest BCUT2D eigenvalue weighted by molar-refractivity contribution is 5.39. The van der Waals surface area contributed by atoms with Crippen LogP contribution in [-0.2, 0) is 4.74 Å². The summed E-state index contributed by atoms with van der Waals surface area (Å²) >= 11 is 0. The van der Waals surface area contributed by atoms with Gasteiger partial charge in [-0.05, 0) is 39.0 Å². The molecule has 0 amide bonds. The predicted molar refractivity (Wildman–Crippen MR) is 68.2 cm³/mol. The molecule has 0 aromatic carbocycles. The molecule has 1 atom stereocenters. The highest BCUT2D eigenvalue weighted by Gasteiger charge is 2.13. The van der Waals surface area contributed by atoms with Crippen molar-refractivity contribution < 1.29 is 4.74 Å². The second-order valence-corrected chi connectivity index (χ2v) is 4.74. The average Bonchev–Trinajstić information content (AvgIpc) is 2.35. The third-order valence-corrected chi connectivity index (χ3v) is 3.18. The maximum absolute atomic E-state index is 5.47. The number of hydrogen-bond donors (Lipinski definition) is 1. The summed E-state index contributed by atoms with van der Waals surface area (Å²) in [6.45, 7) is 6.75. The van der Waals surface area contributed by atoms with E-state index in [-0.39, 0.29) is 0 Å². The van der Waals surface area contributed by atoms with Gasteiger partial charge in [-0.25, -0.2) is 4.98 Å². The van der Waals surface area contributed by atoms with Crippen molar-refractivity contribution in [2.24, 2.45) is 5.92 Å². The minimum absolute atomic E-state index is 0.703. The van der Waals surface area contributed by atoms with E-state index in [1.165, 1.54) is 12.8 Å². The third-order valence-electron chi connectivity index (χ3n) is 3.18. The molecule has 0 radical (unpaired) electrons. The highest BCUT2D eigenvalue weighted by atomic mass is 16.5. The number of nitrogens with zero attached hydrogens (tertiary/aromatic N) is 2. The van der Waals surface area contributed by atoms with E-state index in [9.17, 15) is 0 Å². The standard InChI is InChI=1S/C13H21N3O/c1-10-8-15-11(2)13(16-10)14-6-5-12-4-3-7-17-9-12/h8,12H,3-7,9H2,1-2H3,(H,14,16)/t12-/m1/s1. The summed E-state index contributed by atoms with van der Waals surface area (Å²) in [6, 6.07) is 0. The topological polar surface area (TPSA) is 47.0 Å². The molecule has 0 spiro atoms. The molecule has 17 heavy (non-hydrogen) atoms. The Bertz CT molecular complexity index is 362. The Balaban J connectivity index is 1.79. The van der Waals surface area contributed by atoms with Gasteiger partial charge in [0.15, 0.2) is 0 Å². The Labute approximate surface area is 103 Å². The molecule has 1 fully saturated rings. The molecule has 0 aliphatic carbocycles. The van der Waals surface area contributed by atoms with E-state index in [1.807, 2.05) is 13.8 Å². The predicted octanol–water partition coefficient (Wildman–Crippen LogP) is 2.32. The number of anilines is 1. The molecule has 1 aliphatic rings. The van der Waals surface area contributed by atoms with Crippen LogP contribution >= 0.6 is 0 Å². The summed E-state index contributed by atoms with van der Waals surface area (Å²) < 4.78 is 5.47. The molecular weight excluding hydrogens is 214 g/mol. The van der Waals surface area contributed by atoms with Crippen LogP contribution in [0.4, 0.5) is 5.82 Å². The van der Waals surface area contributed by atoms with Crippen LogP contribution in [0.1, 0.15) is 30.7 Å². The number of aryl methyl sites for hydroxylation is 2. The molecule has 0 unspecified atom stereocenters. The van der Waals surface area contributed by atoms with Gasteiger partial charge in [-0.3, -0.25) is 4.98 Å². The molecule has 2 rings (SSSR count). The Kier molecular flexibility index (Phi) is 4.31. The smallest absolute Gasteiger partial charge is 0.147 e. The Morgan fingerprint density at radius 1 is 1.47 bits per heavy atom. The van der Waals surface area contributed by atoms with Gasteiger partial charge in [-0.15, -0.1) is 0 Å². The molecular formula is C13H21N3O. The summed E-state index contributed by atoms with van der Waals surface area (Å²) in [7, 11) is 0. The SMILES string of the molecule is Cc1cnc(C)c(NCC[C@H]2CCCOC2)n1. The molecule has 4 nitrogen and oxygen atoms in total. The van der Waals surface area contributed by atoms with E-state index in [2.05, 4.69) is 15.3 Å². The zero-order chi connectivity index (χ0) is 12.1. The lowest BCUT2D eigenvalue weighted by atomic mass is 9.99. The van der Waals surface area contributed by atoms with Gasteiger partial charge in [0, 0.05) is 26.0 Å². The number of aromatic nitrogens is 2. The molecule has 1 N–H and O–H groups in total. The van der Waals surface area contributed by atoms with E-state index in [4.69, 9.17) is 4.74 Å². The van der Waals surface area contributed by atoms with E-state index in [0.29, 0.717) is 5.92 Å². The third kappa shape index (κ3) is 3.66. The molecule has 0 saturated carbocycles. The molecule has 1 saturated heterocycles. The fraction of sp³-hybridized carbons (Fsp3) is 0.692. The van der Waals surface area contributed by atoms with Gasteiger partial charge in [0.2, 0.25) is 0 Å². The van der Waals surface area contributed by atoms with Crippen LogP contribution in [0.5, 0.6) is 0 Å². The van der Waals surface area contributed by atoms with Crippen LogP contribution in [0.25, 0.3) is 0 Å². The van der Waals surface area contributed by atoms with Crippen LogP contribution in [0, 0.1) is 19.8 Å². The van der Waals surface area contributed by atoms with Gasteiger partial charge in [-0.1, -0.05) is 0 Å². The molecule has 0 bridgehead atoms. The molecule has 1 aromatic heterocycles. The van der Waals surface area contributed by atoms with E-state index < -0.39 is 0 Å². The van der Waals surface area contributed by atoms with Gasteiger partial charge < -0.3 is 10.1 Å². The second-order valence-electron chi connectivity index (χ2n) is 4.74. The normalized spacial score (nSPS) is 20.2. The van der Waals surface area contributed by atoms with Crippen molar-refractivity contribution in [1.29, 1.82) is 0 Å². The molecule has 94 valence electrons. The van der Waals surface area contributed by atoms with Crippen molar-refractivity contribution in [3.05, 3.63) is 17.6 Å². The molecule has 1 aliphatic heterocycles. The first-order valence-corrected chi connectivity index (χ1v) is 6.37. The minimum Gasteiger partial charge on any atom is -0.381 e. The summed E-state index contributed by atoms with van der Waals surface area (Å²) in [4.78, 5) is 8.74. The highest BCUT2D eigenvalue weighted by Crippen LogP contribution is 2.17. The van der Waals surface area contributed by atoms with Crippen LogP contribution in [0.15, 0.2) is 6.20 Å². The zero-order valence-corrected chi connectivity index (χ0v) is 10.7. The first-order valence-electron chi connectivity index (χ1n) is 6.37. The minimum atomic E-state index is 0.703. The van der Waals surface area contributed by atoms with Crippen molar-refractivity contribution in [3.63, 3.8) is 0 Å². The maximum atomic E-state index is 5.47. The van der Waals surface area contributed by atoms with Crippen LogP contribution in [0.2, 0.25) is 0 Å². The van der Waals surface area contributed by atoms with Crippen molar-refractivity contribution in [2.45, 2.75) is 33.1 Å². The summed E-state index contributed by atoms with van der Waals surface area (Å²) in [6.07, 6.45) is 5.44. The van der Waals surface area contributed by atoms with Crippen LogP contribution in [0.3, 0.4) is 0 Å². The van der Waals surface area contributed by atoms with Gasteiger partial charge >= 0.3 is 0 Å². The molecule has 1 aromatic rings. The number of ether oxygens (including phenoxy) is 1. The monoisotopic (exact) mass is 235 g/mol. The molecule has 2 heterocycles. The summed E-state index contributed by atoms with van der Waals surface area (Å²) in [5, 5.41) is 3.37. The number of rotatable bonds is 4. The van der Waals surface area contributed by atoms with Gasteiger partial charge in [0.1, 0.15) is 5.82 Å². The second kappa shape index (κ2) is 5.96. The van der Waals surface area contributed by atoms with Crippen molar-refractivity contribution in [2.75, 3.05) is 25.1 Å². The summed E-state index contributed by atoms with van der Waals surface area (Å²) in [5.74, 6) is 1.62. The van der Waals surface area contributed by atoms with Crippen LogP contribution < -0.4 is 5.32 Å². The average molecular weight is 235 g/mol. The number of hydrogen-bond acceptors (Lipinski definition) is 4. The Hall–Kier alpha value is -1.16. The lowest BCUT2D eigenvalue weighted by Crippen LogP contribution is -2.20. The first-order chi connectivity index (χ1) is 8.25. The molecule has 4 heteroatoms. The van der Waals surface area contributed by atoms with E-state index in [1.54, 1.807) is 6.20 Å². The van der Waals surface area contributed by atoms with Crippen molar-refractivity contribution in [3.8, 4) is 0 Å². The summed E-state index contributed by atoms with van der Waals surface area (Å²) in [5.41, 5.74) is 1.93. The fourth-order valence-corrected chi connectivity index (χ4v) is 2.13. The zero-order valence-electron chi connectivity index (χ0n) is 10.7. The number of nitrogens with one attached hydrogen (secondary N) is 1. The lowest BCUT2D eigenvalue weighted by Gasteiger charge is -2.22. The van der Waals surface area contributed by atoms with Crippen molar-refractivity contribution >= 4 is 5.82 Å². The van der Waals surface area contributed by atoms with Crippen molar-refractivity contribution in [1.82, 2.24) is 9.97 Å². The lowest BCUT2D eigenvalue weighted by molar-refractivity contribution is 0.0530. The van der Waals surface area contributed by atoms with Crippen LogP contribution in [-0.4, -0.2) is 29.7 Å². The first kappa shape index (κ1) is 12.3. The van der Waals surface area contributed by atoms with Gasteiger partial charge in [0.25, 0.3) is 0 Å². The maximum Gasteiger partial charge on any atom is 0.147 e.